The first kappa shape index (κ1) is 9.17. The van der Waals surface area contributed by atoms with Crippen LogP contribution in [-0.2, 0) is 16.6 Å². The van der Waals surface area contributed by atoms with Crippen molar-refractivity contribution in [1.82, 2.24) is 0 Å². The van der Waals surface area contributed by atoms with Crippen molar-refractivity contribution in [3.8, 4) is 0 Å². The monoisotopic (exact) mass is 211 g/mol. The molecule has 1 aromatic carbocycles. The number of nitrogens with zero attached hydrogens (tertiary/aromatic N) is 1. The lowest BCUT2D eigenvalue weighted by atomic mass is 10.2. The van der Waals surface area contributed by atoms with E-state index in [1.165, 1.54) is 0 Å². The van der Waals surface area contributed by atoms with Crippen molar-refractivity contribution < 1.29 is 8.42 Å². The molecule has 0 fully saturated rings. The van der Waals surface area contributed by atoms with Crippen molar-refractivity contribution in [2.45, 2.75) is 6.42 Å². The predicted molar refractivity (Wildman–Crippen MR) is 54.3 cm³/mol. The molecule has 74 valence electrons. The summed E-state index contributed by atoms with van der Waals surface area (Å²) in [5, 5.41) is 7.68. The number of rotatable bonds is 1. The number of para-hydroxylation sites is 1. The van der Waals surface area contributed by atoms with Crippen LogP contribution in [0.5, 0.6) is 0 Å². The zero-order chi connectivity index (χ0) is 10.2. The number of hydrogen-bond donors (Lipinski definition) is 2. The van der Waals surface area contributed by atoms with E-state index < -0.39 is 10.2 Å². The summed E-state index contributed by atoms with van der Waals surface area (Å²) < 4.78 is 24.8. The van der Waals surface area contributed by atoms with E-state index in [4.69, 9.17) is 5.14 Å². The second-order valence-electron chi connectivity index (χ2n) is 3.01. The van der Waals surface area contributed by atoms with Gasteiger partial charge in [0.25, 0.3) is 0 Å². The Kier molecular flexibility index (Phi) is 2.01. The number of amidine groups is 1. The summed E-state index contributed by atoms with van der Waals surface area (Å²) in [7, 11) is -3.80. The maximum Gasteiger partial charge on any atom is 0.318 e. The second kappa shape index (κ2) is 3.07. The van der Waals surface area contributed by atoms with Crippen molar-refractivity contribution in [1.29, 1.82) is 0 Å². The van der Waals surface area contributed by atoms with E-state index >= 15 is 0 Å². The minimum atomic E-state index is -3.80. The van der Waals surface area contributed by atoms with Gasteiger partial charge in [-0.3, -0.25) is 0 Å². The fourth-order valence-electron chi connectivity index (χ4n) is 1.39. The van der Waals surface area contributed by atoms with E-state index in [0.29, 0.717) is 12.3 Å². The van der Waals surface area contributed by atoms with E-state index in [1.54, 1.807) is 0 Å². The smallest absolute Gasteiger partial charge is 0.318 e. The molecular weight excluding hydrogens is 202 g/mol. The molecule has 0 unspecified atom stereocenters. The molecule has 0 atom stereocenters. The largest absolute Gasteiger partial charge is 0.342 e. The fraction of sp³-hybridized carbons (Fsp3) is 0.125. The van der Waals surface area contributed by atoms with E-state index in [-0.39, 0.29) is 0 Å². The number of benzene rings is 1. The van der Waals surface area contributed by atoms with E-state index in [9.17, 15) is 8.42 Å². The molecule has 0 spiro atoms. The Bertz CT molecular complexity index is 466. The molecule has 6 heteroatoms. The third-order valence-electron chi connectivity index (χ3n) is 1.89. The topological polar surface area (TPSA) is 84.6 Å². The lowest BCUT2D eigenvalue weighted by molar-refractivity contribution is 0.599. The van der Waals surface area contributed by atoms with E-state index in [1.807, 2.05) is 24.3 Å². The van der Waals surface area contributed by atoms with Crippen LogP contribution in [0, 0.1) is 0 Å². The van der Waals surface area contributed by atoms with Crippen LogP contribution in [0.1, 0.15) is 5.56 Å². The van der Waals surface area contributed by atoms with Gasteiger partial charge in [0.15, 0.2) is 0 Å². The minimum Gasteiger partial charge on any atom is -0.342 e. The molecule has 5 nitrogen and oxygen atoms in total. The van der Waals surface area contributed by atoms with Gasteiger partial charge in [-0.1, -0.05) is 18.2 Å². The first-order valence-electron chi connectivity index (χ1n) is 4.01. The first-order chi connectivity index (χ1) is 6.54. The summed E-state index contributed by atoms with van der Waals surface area (Å²) in [6.45, 7) is 0. The standard InChI is InChI=1S/C8H9N3O2S/c9-14(12,13)11-8-5-6-3-1-2-4-7(6)10-8/h1-4H,5H2,(H,10,11)(H2,9,12,13). The van der Waals surface area contributed by atoms with Crippen LogP contribution in [0.15, 0.2) is 28.7 Å². The van der Waals surface area contributed by atoms with Gasteiger partial charge in [0, 0.05) is 12.1 Å². The molecule has 1 aliphatic heterocycles. The molecule has 0 aromatic heterocycles. The second-order valence-corrected chi connectivity index (χ2v) is 4.22. The lowest BCUT2D eigenvalue weighted by Gasteiger charge is -1.96. The summed E-state index contributed by atoms with van der Waals surface area (Å²) in [4.78, 5) is 0. The third kappa shape index (κ3) is 1.91. The van der Waals surface area contributed by atoms with Gasteiger partial charge in [0.2, 0.25) is 0 Å². The van der Waals surface area contributed by atoms with Gasteiger partial charge in [-0.2, -0.15) is 8.42 Å². The minimum absolute atomic E-state index is 0.369. The highest BCUT2D eigenvalue weighted by molar-refractivity contribution is 7.88. The Morgan fingerprint density at radius 2 is 2.07 bits per heavy atom. The highest BCUT2D eigenvalue weighted by atomic mass is 32.2. The van der Waals surface area contributed by atoms with Crippen LogP contribution in [0.25, 0.3) is 0 Å². The van der Waals surface area contributed by atoms with Crippen LogP contribution < -0.4 is 10.5 Å². The van der Waals surface area contributed by atoms with Crippen molar-refractivity contribution in [2.24, 2.45) is 9.54 Å². The molecule has 2 rings (SSSR count). The highest BCUT2D eigenvalue weighted by Crippen LogP contribution is 2.22. The number of fused-ring (bicyclic) bond motifs is 1. The van der Waals surface area contributed by atoms with Crippen LogP contribution in [0.2, 0.25) is 0 Å². The summed E-state index contributed by atoms with van der Waals surface area (Å²) >= 11 is 0. The van der Waals surface area contributed by atoms with Gasteiger partial charge in [-0.05, 0) is 11.6 Å². The fourth-order valence-corrected chi connectivity index (χ4v) is 1.80. The quantitative estimate of drug-likeness (QED) is 0.698. The van der Waals surface area contributed by atoms with Gasteiger partial charge in [-0.15, -0.1) is 4.40 Å². The first-order valence-corrected chi connectivity index (χ1v) is 5.51. The molecule has 1 heterocycles. The molecular formula is C8H9N3O2S. The Labute approximate surface area is 81.8 Å². The van der Waals surface area contributed by atoms with E-state index in [0.717, 1.165) is 11.3 Å². The Hall–Kier alpha value is -1.40. The Balaban J connectivity index is 2.33. The summed E-state index contributed by atoms with van der Waals surface area (Å²) in [6.07, 6.45) is 0.479. The maximum atomic E-state index is 10.7. The number of anilines is 1. The summed E-state index contributed by atoms with van der Waals surface area (Å²) in [5.41, 5.74) is 1.91. The summed E-state index contributed by atoms with van der Waals surface area (Å²) in [5.74, 6) is 0.369. The molecule has 0 radical (unpaired) electrons. The molecule has 0 aliphatic carbocycles. The average Bonchev–Trinajstić information content (AvgIpc) is 2.42. The van der Waals surface area contributed by atoms with Crippen molar-refractivity contribution in [3.63, 3.8) is 0 Å². The van der Waals surface area contributed by atoms with Crippen molar-refractivity contribution >= 4 is 21.7 Å². The van der Waals surface area contributed by atoms with Crippen molar-refractivity contribution in [2.75, 3.05) is 5.32 Å². The van der Waals surface area contributed by atoms with Gasteiger partial charge in [-0.25, -0.2) is 5.14 Å². The molecule has 14 heavy (non-hydrogen) atoms. The number of nitrogens with two attached hydrogens (primary N) is 1. The van der Waals surface area contributed by atoms with Crippen LogP contribution in [0.4, 0.5) is 5.69 Å². The number of nitrogens with one attached hydrogen (secondary N) is 1. The lowest BCUT2D eigenvalue weighted by Crippen LogP contribution is -2.15. The predicted octanol–water partition coefficient (Wildman–Crippen LogP) is 0.257. The zero-order valence-electron chi connectivity index (χ0n) is 7.27. The van der Waals surface area contributed by atoms with Crippen molar-refractivity contribution in [3.05, 3.63) is 29.8 Å². The Morgan fingerprint density at radius 1 is 1.36 bits per heavy atom. The van der Waals surface area contributed by atoms with Gasteiger partial charge >= 0.3 is 10.2 Å². The molecule has 0 saturated heterocycles. The maximum absolute atomic E-state index is 10.7. The molecule has 0 saturated carbocycles. The van der Waals surface area contributed by atoms with Gasteiger partial charge in [0.05, 0.1) is 0 Å². The SMILES string of the molecule is NS(=O)(=O)/N=C1/Cc2ccccc2N1. The molecule has 1 aromatic rings. The van der Waals surface area contributed by atoms with Crippen LogP contribution >= 0.6 is 0 Å². The summed E-state index contributed by atoms with van der Waals surface area (Å²) in [6, 6.07) is 7.53. The normalized spacial score (nSPS) is 17.9. The Morgan fingerprint density at radius 3 is 2.71 bits per heavy atom. The van der Waals surface area contributed by atoms with Gasteiger partial charge in [0.1, 0.15) is 5.84 Å². The zero-order valence-corrected chi connectivity index (χ0v) is 8.08. The van der Waals surface area contributed by atoms with E-state index in [2.05, 4.69) is 9.71 Å². The van der Waals surface area contributed by atoms with Gasteiger partial charge < -0.3 is 5.32 Å². The van der Waals surface area contributed by atoms with Crippen LogP contribution in [-0.4, -0.2) is 14.3 Å². The molecule has 0 amide bonds. The molecule has 1 aliphatic rings. The van der Waals surface area contributed by atoms with Crippen LogP contribution in [0.3, 0.4) is 0 Å². The molecule has 0 bridgehead atoms. The average molecular weight is 211 g/mol. The number of hydrogen-bond acceptors (Lipinski definition) is 2. The third-order valence-corrected chi connectivity index (χ3v) is 2.37. The highest BCUT2D eigenvalue weighted by Gasteiger charge is 2.16. The molecule has 3 N–H and O–H groups in total.